The Hall–Kier alpha value is -0.570. The van der Waals surface area contributed by atoms with Gasteiger partial charge < -0.3 is 10.1 Å². The maximum Gasteiger partial charge on any atom is 0.310 e. The first kappa shape index (κ1) is 8.05. The highest BCUT2D eigenvalue weighted by Gasteiger charge is 2.55. The standard InChI is InChI=1S/C9H15NO2/c1-2-12-8(11)7-5-10-6-9(7)3-4-9/h7,10H,2-6H2,1H3/t7-/m0/s1. The van der Waals surface area contributed by atoms with Crippen molar-refractivity contribution in [1.29, 1.82) is 0 Å². The van der Waals surface area contributed by atoms with E-state index in [9.17, 15) is 4.79 Å². The first-order chi connectivity index (χ1) is 5.78. The summed E-state index contributed by atoms with van der Waals surface area (Å²) >= 11 is 0. The van der Waals surface area contributed by atoms with Crippen LogP contribution in [0, 0.1) is 11.3 Å². The highest BCUT2D eigenvalue weighted by molar-refractivity contribution is 5.75. The van der Waals surface area contributed by atoms with Crippen molar-refractivity contribution in [2.75, 3.05) is 19.7 Å². The number of esters is 1. The normalized spacial score (nSPS) is 30.6. The minimum Gasteiger partial charge on any atom is -0.466 e. The number of nitrogens with one attached hydrogen (secondary N) is 1. The van der Waals surface area contributed by atoms with Crippen molar-refractivity contribution in [1.82, 2.24) is 5.32 Å². The Labute approximate surface area is 72.5 Å². The zero-order valence-electron chi connectivity index (χ0n) is 7.43. The molecule has 0 radical (unpaired) electrons. The molecule has 0 amide bonds. The fourth-order valence-electron chi connectivity index (χ4n) is 2.07. The van der Waals surface area contributed by atoms with Crippen molar-refractivity contribution in [3.05, 3.63) is 0 Å². The summed E-state index contributed by atoms with van der Waals surface area (Å²) in [6, 6.07) is 0. The second kappa shape index (κ2) is 2.73. The van der Waals surface area contributed by atoms with Gasteiger partial charge >= 0.3 is 5.97 Å². The number of hydrogen-bond acceptors (Lipinski definition) is 3. The van der Waals surface area contributed by atoms with E-state index in [2.05, 4.69) is 5.32 Å². The van der Waals surface area contributed by atoms with Gasteiger partial charge in [-0.15, -0.1) is 0 Å². The molecule has 0 aromatic carbocycles. The van der Waals surface area contributed by atoms with Crippen molar-refractivity contribution in [3.63, 3.8) is 0 Å². The molecule has 68 valence electrons. The van der Waals surface area contributed by atoms with E-state index in [1.165, 1.54) is 12.8 Å². The molecular formula is C9H15NO2. The van der Waals surface area contributed by atoms with Gasteiger partial charge in [0.25, 0.3) is 0 Å². The third-order valence-corrected chi connectivity index (χ3v) is 3.03. The Balaban J connectivity index is 1.98. The van der Waals surface area contributed by atoms with Crippen molar-refractivity contribution in [2.45, 2.75) is 19.8 Å². The Kier molecular flexibility index (Phi) is 1.83. The van der Waals surface area contributed by atoms with Crippen LogP contribution in [0.15, 0.2) is 0 Å². The zero-order chi connectivity index (χ0) is 8.60. The molecule has 3 heteroatoms. The Morgan fingerprint density at radius 1 is 1.67 bits per heavy atom. The van der Waals surface area contributed by atoms with Gasteiger partial charge in [-0.05, 0) is 25.2 Å². The molecule has 0 aromatic heterocycles. The molecular weight excluding hydrogens is 154 g/mol. The Bertz CT molecular complexity index is 199. The van der Waals surface area contributed by atoms with Crippen molar-refractivity contribution in [3.8, 4) is 0 Å². The molecule has 1 heterocycles. The number of rotatable bonds is 2. The van der Waals surface area contributed by atoms with Gasteiger partial charge in [0, 0.05) is 13.1 Å². The van der Waals surface area contributed by atoms with Crippen molar-refractivity contribution in [2.24, 2.45) is 11.3 Å². The summed E-state index contributed by atoms with van der Waals surface area (Å²) in [7, 11) is 0. The van der Waals surface area contributed by atoms with Gasteiger partial charge in [-0.25, -0.2) is 0 Å². The predicted octanol–water partition coefficient (Wildman–Crippen LogP) is 0.549. The average molecular weight is 169 g/mol. The van der Waals surface area contributed by atoms with Crippen LogP contribution in [0.5, 0.6) is 0 Å². The van der Waals surface area contributed by atoms with Crippen LogP contribution in [-0.2, 0) is 9.53 Å². The lowest BCUT2D eigenvalue weighted by atomic mass is 9.93. The van der Waals surface area contributed by atoms with E-state index in [1.54, 1.807) is 0 Å². The number of carbonyl (C=O) groups excluding carboxylic acids is 1. The second-order valence-electron chi connectivity index (χ2n) is 3.80. The van der Waals surface area contributed by atoms with Crippen LogP contribution in [0.4, 0.5) is 0 Å². The van der Waals surface area contributed by atoms with E-state index in [0.717, 1.165) is 13.1 Å². The quantitative estimate of drug-likeness (QED) is 0.613. The van der Waals surface area contributed by atoms with Gasteiger partial charge in [0.05, 0.1) is 12.5 Å². The first-order valence-corrected chi connectivity index (χ1v) is 4.66. The van der Waals surface area contributed by atoms with Crippen molar-refractivity contribution < 1.29 is 9.53 Å². The molecule has 2 rings (SSSR count). The SMILES string of the molecule is CCOC(=O)[C@@H]1CNCC12CC2. The molecule has 2 aliphatic rings. The van der Waals surface area contributed by atoms with Crippen LogP contribution >= 0.6 is 0 Å². The fraction of sp³-hybridized carbons (Fsp3) is 0.889. The summed E-state index contributed by atoms with van der Waals surface area (Å²) in [6.45, 7) is 4.20. The van der Waals surface area contributed by atoms with Crippen LogP contribution in [0.2, 0.25) is 0 Å². The maximum absolute atomic E-state index is 11.4. The molecule has 12 heavy (non-hydrogen) atoms. The van der Waals surface area contributed by atoms with E-state index in [1.807, 2.05) is 6.92 Å². The molecule has 1 saturated carbocycles. The summed E-state index contributed by atoms with van der Waals surface area (Å²) in [5.74, 6) is 0.137. The van der Waals surface area contributed by atoms with Crippen LogP contribution in [-0.4, -0.2) is 25.7 Å². The van der Waals surface area contributed by atoms with Gasteiger partial charge in [-0.1, -0.05) is 0 Å². The minimum atomic E-state index is 0.000000000000000666. The molecule has 3 nitrogen and oxygen atoms in total. The molecule has 0 bridgehead atoms. The number of ether oxygens (including phenoxy) is 1. The largest absolute Gasteiger partial charge is 0.466 e. The molecule has 0 aromatic rings. The summed E-state index contributed by atoms with van der Waals surface area (Å²) in [6.07, 6.45) is 2.40. The lowest BCUT2D eigenvalue weighted by Gasteiger charge is -2.14. The van der Waals surface area contributed by atoms with E-state index < -0.39 is 0 Å². The predicted molar refractivity (Wildman–Crippen MR) is 44.7 cm³/mol. The second-order valence-corrected chi connectivity index (χ2v) is 3.80. The summed E-state index contributed by atoms with van der Waals surface area (Å²) < 4.78 is 5.02. The number of carbonyl (C=O) groups is 1. The summed E-state index contributed by atoms with van der Waals surface area (Å²) in [4.78, 5) is 11.4. The molecule has 1 N–H and O–H groups in total. The van der Waals surface area contributed by atoms with Crippen LogP contribution < -0.4 is 5.32 Å². The average Bonchev–Trinajstić information content (AvgIpc) is 2.63. The zero-order valence-corrected chi connectivity index (χ0v) is 7.43. The highest BCUT2D eigenvalue weighted by Crippen LogP contribution is 2.54. The third kappa shape index (κ3) is 1.12. The molecule has 0 unspecified atom stereocenters. The topological polar surface area (TPSA) is 38.3 Å². The van der Waals surface area contributed by atoms with E-state index >= 15 is 0 Å². The Morgan fingerprint density at radius 2 is 2.42 bits per heavy atom. The lowest BCUT2D eigenvalue weighted by molar-refractivity contribution is -0.149. The van der Waals surface area contributed by atoms with E-state index in [0.29, 0.717) is 12.0 Å². The number of hydrogen-bond donors (Lipinski definition) is 1. The molecule has 1 aliphatic carbocycles. The summed E-state index contributed by atoms with van der Waals surface area (Å²) in [5.41, 5.74) is 0.298. The molecule has 2 fully saturated rings. The minimum absolute atomic E-state index is 0.000000000000000666. The van der Waals surface area contributed by atoms with Gasteiger partial charge in [0.1, 0.15) is 0 Å². The smallest absolute Gasteiger partial charge is 0.310 e. The molecule has 1 atom stereocenters. The highest BCUT2D eigenvalue weighted by atomic mass is 16.5. The maximum atomic E-state index is 11.4. The van der Waals surface area contributed by atoms with Crippen LogP contribution in [0.1, 0.15) is 19.8 Å². The molecule has 1 spiro atoms. The third-order valence-electron chi connectivity index (χ3n) is 3.03. The molecule has 1 aliphatic heterocycles. The van der Waals surface area contributed by atoms with Gasteiger partial charge in [0.2, 0.25) is 0 Å². The molecule has 1 saturated heterocycles. The van der Waals surface area contributed by atoms with Crippen LogP contribution in [0.25, 0.3) is 0 Å². The van der Waals surface area contributed by atoms with E-state index in [-0.39, 0.29) is 11.9 Å². The fourth-order valence-corrected chi connectivity index (χ4v) is 2.07. The monoisotopic (exact) mass is 169 g/mol. The van der Waals surface area contributed by atoms with Gasteiger partial charge in [0.15, 0.2) is 0 Å². The lowest BCUT2D eigenvalue weighted by Crippen LogP contribution is -2.25. The Morgan fingerprint density at radius 3 is 3.00 bits per heavy atom. The first-order valence-electron chi connectivity index (χ1n) is 4.66. The van der Waals surface area contributed by atoms with Gasteiger partial charge in [-0.2, -0.15) is 0 Å². The van der Waals surface area contributed by atoms with Crippen LogP contribution in [0.3, 0.4) is 0 Å². The van der Waals surface area contributed by atoms with Gasteiger partial charge in [-0.3, -0.25) is 4.79 Å². The van der Waals surface area contributed by atoms with E-state index in [4.69, 9.17) is 4.74 Å². The summed E-state index contributed by atoms with van der Waals surface area (Å²) in [5, 5.41) is 3.26. The van der Waals surface area contributed by atoms with Crippen molar-refractivity contribution >= 4 is 5.97 Å².